The SMILES string of the molecule is NC(=O)[C@H]1[CH]CCO1. The second kappa shape index (κ2) is 2.13. The molecular weight excluding hydrogens is 106 g/mol. The quantitative estimate of drug-likeness (QED) is 0.498. The third-order valence-electron chi connectivity index (χ3n) is 1.08. The van der Waals surface area contributed by atoms with Crippen LogP contribution in [0.1, 0.15) is 6.42 Å². The third-order valence-corrected chi connectivity index (χ3v) is 1.08. The zero-order valence-electron chi connectivity index (χ0n) is 4.46. The highest BCUT2D eigenvalue weighted by atomic mass is 16.5. The minimum atomic E-state index is -0.421. The smallest absolute Gasteiger partial charge is 0.246 e. The fraction of sp³-hybridized carbons (Fsp3) is 0.600. The summed E-state index contributed by atoms with van der Waals surface area (Å²) < 4.78 is 4.88. The molecule has 0 aromatic rings. The standard InChI is InChI=1S/C5H8NO2/c6-5(7)4-2-1-3-8-4/h2,4H,1,3H2,(H2,6,7)/t4-/m1/s1. The molecule has 1 heterocycles. The van der Waals surface area contributed by atoms with Crippen LogP contribution in [0.15, 0.2) is 0 Å². The van der Waals surface area contributed by atoms with Gasteiger partial charge in [0.25, 0.3) is 0 Å². The van der Waals surface area contributed by atoms with E-state index in [1.165, 1.54) is 0 Å². The Hall–Kier alpha value is -0.570. The van der Waals surface area contributed by atoms with Crippen LogP contribution in [0.3, 0.4) is 0 Å². The van der Waals surface area contributed by atoms with Gasteiger partial charge in [0.1, 0.15) is 6.10 Å². The Bertz CT molecular complexity index is 96.6. The molecule has 1 rings (SSSR count). The van der Waals surface area contributed by atoms with Gasteiger partial charge in [0, 0.05) is 13.0 Å². The number of carbonyl (C=O) groups excluding carboxylic acids is 1. The molecule has 1 amide bonds. The van der Waals surface area contributed by atoms with Crippen LogP contribution < -0.4 is 5.73 Å². The third kappa shape index (κ3) is 0.980. The largest absolute Gasteiger partial charge is 0.368 e. The summed E-state index contributed by atoms with van der Waals surface area (Å²) in [5.74, 6) is -0.387. The Kier molecular flexibility index (Phi) is 1.48. The van der Waals surface area contributed by atoms with Gasteiger partial charge >= 0.3 is 0 Å². The van der Waals surface area contributed by atoms with E-state index >= 15 is 0 Å². The minimum Gasteiger partial charge on any atom is -0.368 e. The summed E-state index contributed by atoms with van der Waals surface area (Å²) in [6.07, 6.45) is 2.20. The van der Waals surface area contributed by atoms with Crippen LogP contribution in [0.2, 0.25) is 0 Å². The number of amides is 1. The molecule has 3 nitrogen and oxygen atoms in total. The zero-order chi connectivity index (χ0) is 5.98. The lowest BCUT2D eigenvalue weighted by Gasteiger charge is -1.99. The molecule has 1 fully saturated rings. The lowest BCUT2D eigenvalue weighted by atomic mass is 10.2. The minimum absolute atomic E-state index is 0.387. The first-order chi connectivity index (χ1) is 3.80. The van der Waals surface area contributed by atoms with Crippen molar-refractivity contribution in [3.05, 3.63) is 6.42 Å². The fourth-order valence-electron chi connectivity index (χ4n) is 0.681. The predicted octanol–water partition coefficient (Wildman–Crippen LogP) is -0.535. The van der Waals surface area contributed by atoms with E-state index in [0.29, 0.717) is 6.61 Å². The maximum Gasteiger partial charge on any atom is 0.246 e. The zero-order valence-corrected chi connectivity index (χ0v) is 4.46. The maximum absolute atomic E-state index is 10.3. The van der Waals surface area contributed by atoms with Gasteiger partial charge < -0.3 is 10.5 Å². The number of hydrogen-bond donors (Lipinski definition) is 1. The second-order valence-electron chi connectivity index (χ2n) is 1.72. The number of rotatable bonds is 1. The van der Waals surface area contributed by atoms with E-state index in [4.69, 9.17) is 10.5 Å². The van der Waals surface area contributed by atoms with Crippen LogP contribution >= 0.6 is 0 Å². The van der Waals surface area contributed by atoms with E-state index in [1.807, 2.05) is 0 Å². The molecule has 1 aliphatic rings. The van der Waals surface area contributed by atoms with Gasteiger partial charge in [-0.15, -0.1) is 0 Å². The van der Waals surface area contributed by atoms with Crippen LogP contribution in [-0.2, 0) is 9.53 Å². The molecule has 1 radical (unpaired) electrons. The average molecular weight is 114 g/mol. The Balaban J connectivity index is 2.35. The molecule has 8 heavy (non-hydrogen) atoms. The highest BCUT2D eigenvalue weighted by Crippen LogP contribution is 2.08. The van der Waals surface area contributed by atoms with Gasteiger partial charge in [-0.3, -0.25) is 4.79 Å². The molecule has 2 N–H and O–H groups in total. The van der Waals surface area contributed by atoms with Gasteiger partial charge in [-0.2, -0.15) is 0 Å². The van der Waals surface area contributed by atoms with Crippen molar-refractivity contribution in [2.75, 3.05) is 6.61 Å². The number of primary amides is 1. The Morgan fingerprint density at radius 2 is 2.62 bits per heavy atom. The van der Waals surface area contributed by atoms with Crippen LogP contribution in [0.5, 0.6) is 0 Å². The molecule has 0 saturated carbocycles. The molecule has 0 aromatic heterocycles. The van der Waals surface area contributed by atoms with Crippen molar-refractivity contribution < 1.29 is 9.53 Å². The summed E-state index contributed by atoms with van der Waals surface area (Å²) in [6, 6.07) is 0. The lowest BCUT2D eigenvalue weighted by molar-refractivity contribution is -0.125. The summed E-state index contributed by atoms with van der Waals surface area (Å²) in [5.41, 5.74) is 4.90. The molecule has 0 aromatic carbocycles. The van der Waals surface area contributed by atoms with E-state index in [2.05, 4.69) is 0 Å². The van der Waals surface area contributed by atoms with E-state index in [0.717, 1.165) is 6.42 Å². The van der Waals surface area contributed by atoms with Crippen molar-refractivity contribution in [3.8, 4) is 0 Å². The highest BCUT2D eigenvalue weighted by molar-refractivity contribution is 5.80. The predicted molar refractivity (Wildman–Crippen MR) is 27.9 cm³/mol. The second-order valence-corrected chi connectivity index (χ2v) is 1.72. The van der Waals surface area contributed by atoms with Crippen LogP contribution in [-0.4, -0.2) is 18.6 Å². The molecule has 1 aliphatic heterocycles. The van der Waals surface area contributed by atoms with Crippen molar-refractivity contribution in [1.82, 2.24) is 0 Å². The molecule has 0 bridgehead atoms. The van der Waals surface area contributed by atoms with Crippen LogP contribution in [0.25, 0.3) is 0 Å². The first-order valence-electron chi connectivity index (χ1n) is 2.55. The molecule has 0 aliphatic carbocycles. The Morgan fingerprint density at radius 1 is 1.88 bits per heavy atom. The number of nitrogens with two attached hydrogens (primary N) is 1. The van der Waals surface area contributed by atoms with Crippen molar-refractivity contribution in [3.63, 3.8) is 0 Å². The first kappa shape index (κ1) is 5.56. The van der Waals surface area contributed by atoms with Gasteiger partial charge in [-0.1, -0.05) is 0 Å². The van der Waals surface area contributed by atoms with E-state index in [9.17, 15) is 4.79 Å². The van der Waals surface area contributed by atoms with Gasteiger partial charge in [0.15, 0.2) is 0 Å². The van der Waals surface area contributed by atoms with Crippen molar-refractivity contribution in [2.45, 2.75) is 12.5 Å². The topological polar surface area (TPSA) is 52.3 Å². The van der Waals surface area contributed by atoms with E-state index in [1.54, 1.807) is 6.42 Å². The molecule has 0 spiro atoms. The highest BCUT2D eigenvalue weighted by Gasteiger charge is 2.20. The van der Waals surface area contributed by atoms with Crippen LogP contribution in [0.4, 0.5) is 0 Å². The van der Waals surface area contributed by atoms with Gasteiger partial charge in [-0.05, 0) is 6.42 Å². The summed E-state index contributed by atoms with van der Waals surface area (Å²) in [5, 5.41) is 0. The van der Waals surface area contributed by atoms with Gasteiger partial charge in [0.2, 0.25) is 5.91 Å². The molecule has 1 atom stereocenters. The molecule has 1 saturated heterocycles. The summed E-state index contributed by atoms with van der Waals surface area (Å²) >= 11 is 0. The summed E-state index contributed by atoms with van der Waals surface area (Å²) in [6.45, 7) is 0.633. The van der Waals surface area contributed by atoms with E-state index in [-0.39, 0.29) is 5.91 Å². The molecule has 0 unspecified atom stereocenters. The van der Waals surface area contributed by atoms with Gasteiger partial charge in [0.05, 0.1) is 0 Å². The first-order valence-corrected chi connectivity index (χ1v) is 2.55. The normalized spacial score (nSPS) is 28.2. The fourth-order valence-corrected chi connectivity index (χ4v) is 0.681. The van der Waals surface area contributed by atoms with Crippen molar-refractivity contribution >= 4 is 5.91 Å². The lowest BCUT2D eigenvalue weighted by Crippen LogP contribution is -2.27. The molecular formula is C5H8NO2. The number of carbonyl (C=O) groups is 1. The summed E-state index contributed by atoms with van der Waals surface area (Å²) in [7, 11) is 0. The van der Waals surface area contributed by atoms with Crippen molar-refractivity contribution in [1.29, 1.82) is 0 Å². The monoisotopic (exact) mass is 114 g/mol. The van der Waals surface area contributed by atoms with Gasteiger partial charge in [-0.25, -0.2) is 0 Å². The van der Waals surface area contributed by atoms with Crippen molar-refractivity contribution in [2.24, 2.45) is 5.73 Å². The summed E-state index contributed by atoms with van der Waals surface area (Å²) in [4.78, 5) is 10.3. The number of hydrogen-bond acceptors (Lipinski definition) is 2. The molecule has 45 valence electrons. The number of ether oxygens (including phenoxy) is 1. The molecule has 3 heteroatoms. The maximum atomic E-state index is 10.3. The van der Waals surface area contributed by atoms with Crippen LogP contribution in [0, 0.1) is 6.42 Å². The average Bonchev–Trinajstić information content (AvgIpc) is 2.12. The Morgan fingerprint density at radius 3 is 2.88 bits per heavy atom. The Labute approximate surface area is 47.8 Å². The van der Waals surface area contributed by atoms with E-state index < -0.39 is 6.10 Å².